The average molecular weight is 1520 g/mol. The van der Waals surface area contributed by atoms with Crippen molar-refractivity contribution < 1.29 is 52.8 Å². The summed E-state index contributed by atoms with van der Waals surface area (Å²) in [5, 5.41) is 11.5. The minimum atomic E-state index is -4.07. The number of aromatic nitrogens is 2. The number of anilines is 3. The fourth-order valence-electron chi connectivity index (χ4n) is 8.61. The first-order valence-corrected chi connectivity index (χ1v) is 34.4. The van der Waals surface area contributed by atoms with Crippen LogP contribution in [0, 0.1) is 38.2 Å². The molecule has 20 nitrogen and oxygen atoms in total. The second kappa shape index (κ2) is 29.0. The highest BCUT2D eigenvalue weighted by molar-refractivity contribution is 9.11. The molecule has 3 aliphatic rings. The van der Waals surface area contributed by atoms with Gasteiger partial charge in [-0.2, -0.15) is 48.4 Å². The number of likely N-dealkylation sites (N-methyl/N-ethyl adjacent to an activating group) is 3. The first-order chi connectivity index (χ1) is 40.2. The molecule has 2 saturated heterocycles. The Morgan fingerprint density at radius 3 is 1.47 bits per heavy atom. The number of rotatable bonds is 10. The van der Waals surface area contributed by atoms with Crippen LogP contribution in [0.3, 0.4) is 0 Å². The molecule has 2 fully saturated rings. The Bertz CT molecular complexity index is 4210. The van der Waals surface area contributed by atoms with Gasteiger partial charge in [-0.15, -0.1) is 38.4 Å². The fourth-order valence-corrected chi connectivity index (χ4v) is 17.0. The molecule has 4 aromatic heterocycles. The predicted molar refractivity (Wildman–Crippen MR) is 352 cm³/mol. The number of benzene rings is 3. The van der Waals surface area contributed by atoms with Gasteiger partial charge in [-0.25, -0.2) is 17.5 Å². The van der Waals surface area contributed by atoms with Crippen molar-refractivity contribution in [3.05, 3.63) is 168 Å². The van der Waals surface area contributed by atoms with E-state index in [0.29, 0.717) is 10.6 Å². The first kappa shape index (κ1) is 72.0. The zero-order valence-corrected chi connectivity index (χ0v) is 56.1. The van der Waals surface area contributed by atoms with Gasteiger partial charge in [0.25, 0.3) is 26.3 Å². The SMILES string of the molecule is C.C.Cc1sc(C2=NS(=O)(=O)N(C)C(C(=O)Nc3ccc(F)c(Cl)c3)=C2)cc1Br.Cc1sc(C2CC(C(=O)Nc3ccc(F)c(Cl)c3)N(C)S(=O)(=O)N2)cc1-c1cnn(C)c1.Cc1sc(C2CC(C(=O)Nc3ccc(F)c(Cl)c3)N(C)S(=O)(=O)N2)cc1Br. The van der Waals surface area contributed by atoms with Crippen molar-refractivity contribution in [2.45, 2.75) is 72.6 Å². The Morgan fingerprint density at radius 2 is 1.06 bits per heavy atom. The van der Waals surface area contributed by atoms with E-state index in [-0.39, 0.29) is 65.5 Å². The van der Waals surface area contributed by atoms with Gasteiger partial charge in [0, 0.05) is 90.3 Å². The Balaban J connectivity index is 0.000000209. The number of halogens is 8. The van der Waals surface area contributed by atoms with E-state index in [1.807, 2.05) is 46.1 Å². The number of hydrogen-bond donors (Lipinski definition) is 5. The summed E-state index contributed by atoms with van der Waals surface area (Å²) in [4.78, 5) is 43.5. The minimum absolute atomic E-state index is 0. The number of hydrogen-bond acceptors (Lipinski definition) is 13. The summed E-state index contributed by atoms with van der Waals surface area (Å²) in [6.07, 6.45) is 5.51. The molecule has 3 aliphatic heterocycles. The van der Waals surface area contributed by atoms with Gasteiger partial charge in [0.15, 0.2) is 0 Å². The third-order valence-corrected chi connectivity index (χ3v) is 24.3. The van der Waals surface area contributed by atoms with Crippen LogP contribution in [-0.2, 0) is 52.1 Å². The Morgan fingerprint density at radius 1 is 0.625 bits per heavy atom. The highest BCUT2D eigenvalue weighted by Crippen LogP contribution is 2.40. The number of nitrogens with zero attached hydrogens (tertiary/aromatic N) is 6. The van der Waals surface area contributed by atoms with Crippen LogP contribution in [-0.4, -0.2) is 105 Å². The van der Waals surface area contributed by atoms with Crippen LogP contribution in [0.2, 0.25) is 15.1 Å². The molecule has 88 heavy (non-hydrogen) atoms. The largest absolute Gasteiger partial charge is 0.345 e. The first-order valence-electron chi connectivity index (χ1n) is 24.9. The van der Waals surface area contributed by atoms with Crippen LogP contribution in [0.4, 0.5) is 30.2 Å². The summed E-state index contributed by atoms with van der Waals surface area (Å²) in [5.74, 6) is -3.56. The average Bonchev–Trinajstić information content (AvgIpc) is 1.72. The Hall–Kier alpha value is -5.10. The molecular formula is C54H57Br2Cl3F3N11O9S6. The molecule has 10 rings (SSSR count). The molecule has 7 aromatic rings. The van der Waals surface area contributed by atoms with E-state index >= 15 is 0 Å². The number of allylic oxidation sites excluding steroid dienone is 1. The highest BCUT2D eigenvalue weighted by Gasteiger charge is 2.43. The molecule has 3 aromatic carbocycles. The van der Waals surface area contributed by atoms with Crippen molar-refractivity contribution >= 4 is 172 Å². The van der Waals surface area contributed by atoms with Gasteiger partial charge >= 0.3 is 10.2 Å². The van der Waals surface area contributed by atoms with E-state index < -0.39 is 90.0 Å². The second-order valence-corrected chi connectivity index (χ2v) is 31.2. The van der Waals surface area contributed by atoms with Crippen LogP contribution in [0.15, 0.2) is 110 Å². The standard InChI is InChI=1S/C20H21ClFN5O3S2.C16H16BrClFN3O3S2.C16H12BrClFN3O3S2.2CH4/c1-11-14(12-9-23-26(2)10-12)7-19(31-11)17-8-18(27(3)32(29,30)25-17)20(28)24-13-4-5-16(22)15(21)6-13;2*1-8-10(17)6-15(26-8)13-7-14(22(2)27(24,25)21-13)16(23)20-9-3-4-12(19)11(18)5-9;;/h4-7,9-10,17-18,25H,8H2,1-3H3,(H,24,28);3-6,13-14,21H,7H2,1-2H3,(H,20,23);3-7H,1-2H3,(H,20,23);2*1H4. The number of nitrogens with one attached hydrogen (secondary N) is 5. The normalized spacial score (nSPS) is 19.4. The number of carbonyl (C=O) groups excluding carboxylic acids is 3. The van der Waals surface area contributed by atoms with E-state index in [9.17, 15) is 52.8 Å². The molecule has 0 saturated carbocycles. The molecule has 0 aliphatic carbocycles. The van der Waals surface area contributed by atoms with Gasteiger partial charge in [-0.05, 0) is 150 Å². The van der Waals surface area contributed by atoms with E-state index in [0.717, 1.165) is 75.6 Å². The van der Waals surface area contributed by atoms with Crippen molar-refractivity contribution in [2.75, 3.05) is 37.1 Å². The Labute approximate surface area is 552 Å². The van der Waals surface area contributed by atoms with Gasteiger partial charge in [-0.3, -0.25) is 19.1 Å². The van der Waals surface area contributed by atoms with E-state index in [1.54, 1.807) is 16.9 Å². The summed E-state index contributed by atoms with van der Waals surface area (Å²) in [6, 6.07) is 13.8. The van der Waals surface area contributed by atoms with E-state index in [4.69, 9.17) is 34.8 Å². The quantitative estimate of drug-likeness (QED) is 0.0865. The molecular weight excluding hydrogens is 1460 g/mol. The monoisotopic (exact) mass is 1520 g/mol. The lowest BCUT2D eigenvalue weighted by atomic mass is 10.0. The van der Waals surface area contributed by atoms with Crippen LogP contribution in [0.5, 0.6) is 0 Å². The predicted octanol–water partition coefficient (Wildman–Crippen LogP) is 12.7. The van der Waals surface area contributed by atoms with Crippen molar-refractivity contribution in [1.29, 1.82) is 0 Å². The summed E-state index contributed by atoms with van der Waals surface area (Å²) < 4.78 is 130. The van der Waals surface area contributed by atoms with Crippen molar-refractivity contribution in [3.8, 4) is 11.1 Å². The molecule has 3 amide bonds. The summed E-state index contributed by atoms with van der Waals surface area (Å²) >= 11 is 28.3. The maximum Gasteiger partial charge on any atom is 0.345 e. The molecule has 474 valence electrons. The zero-order valence-electron chi connectivity index (χ0n) is 45.7. The third kappa shape index (κ3) is 16.7. The van der Waals surface area contributed by atoms with Gasteiger partial charge in [0.2, 0.25) is 11.8 Å². The van der Waals surface area contributed by atoms with Crippen LogP contribution < -0.4 is 25.4 Å². The number of carbonyl (C=O) groups is 3. The van der Waals surface area contributed by atoms with Gasteiger partial charge < -0.3 is 16.0 Å². The van der Waals surface area contributed by atoms with E-state index in [2.05, 4.69) is 66.8 Å². The van der Waals surface area contributed by atoms with Crippen LogP contribution >= 0.6 is 101 Å². The topological polar surface area (TPSA) is 254 Å². The summed E-state index contributed by atoms with van der Waals surface area (Å²) in [7, 11) is -6.05. The van der Waals surface area contributed by atoms with Crippen LogP contribution in [0.1, 0.15) is 69.0 Å². The number of aryl methyl sites for hydroxylation is 4. The van der Waals surface area contributed by atoms with Gasteiger partial charge in [-0.1, -0.05) is 49.7 Å². The summed E-state index contributed by atoms with van der Waals surface area (Å²) in [6.45, 7) is 5.75. The van der Waals surface area contributed by atoms with Crippen molar-refractivity contribution in [3.63, 3.8) is 0 Å². The van der Waals surface area contributed by atoms with Crippen LogP contribution in [0.25, 0.3) is 11.1 Å². The molecule has 0 radical (unpaired) electrons. The van der Waals surface area contributed by atoms with Crippen molar-refractivity contribution in [2.24, 2.45) is 11.4 Å². The van der Waals surface area contributed by atoms with Gasteiger partial charge in [0.1, 0.15) is 35.2 Å². The zero-order chi connectivity index (χ0) is 63.1. The van der Waals surface area contributed by atoms with Crippen molar-refractivity contribution in [1.82, 2.24) is 32.1 Å². The maximum absolute atomic E-state index is 13.4. The molecule has 4 unspecified atom stereocenters. The Kier molecular flexibility index (Phi) is 23.7. The molecule has 34 heteroatoms. The lowest BCUT2D eigenvalue weighted by Gasteiger charge is -2.35. The van der Waals surface area contributed by atoms with Gasteiger partial charge in [0.05, 0.1) is 43.9 Å². The molecule has 7 heterocycles. The summed E-state index contributed by atoms with van der Waals surface area (Å²) in [5.41, 5.74) is 2.76. The van der Waals surface area contributed by atoms with E-state index in [1.165, 1.54) is 97.6 Å². The maximum atomic E-state index is 13.4. The molecule has 0 spiro atoms. The molecule has 5 N–H and O–H groups in total. The fraction of sp³-hybridized carbons (Fsp3) is 0.278. The lowest BCUT2D eigenvalue weighted by Crippen LogP contribution is -2.55. The minimum Gasteiger partial charge on any atom is -0.325 e. The second-order valence-electron chi connectivity index (χ2n) is 19.2. The molecule has 4 atom stereocenters. The highest BCUT2D eigenvalue weighted by atomic mass is 79.9. The smallest absolute Gasteiger partial charge is 0.325 e. The third-order valence-electron chi connectivity index (χ3n) is 13.3. The number of thiophene rings is 3. The lowest BCUT2D eigenvalue weighted by molar-refractivity contribution is -0.120. The molecule has 0 bridgehead atoms. The number of amides is 3.